The zero-order valence-electron chi connectivity index (χ0n) is 27.9. The number of nitrogens with one attached hydrogen (secondary N) is 1. The van der Waals surface area contributed by atoms with Crippen LogP contribution in [0.3, 0.4) is 0 Å². The van der Waals surface area contributed by atoms with E-state index in [0.29, 0.717) is 29.5 Å². The van der Waals surface area contributed by atoms with Gasteiger partial charge in [0.15, 0.2) is 11.5 Å². The van der Waals surface area contributed by atoms with E-state index in [9.17, 15) is 14.7 Å². The SMILES string of the molecule is CCCCCCCCOC(=O)[C@H]1Oc2ccc(C[C@@H](C)NC[C@H](O)c3cccc(Cl)c3)cc2O[C@H]1C(=O)OCCCCCCCC. The van der Waals surface area contributed by atoms with E-state index in [0.717, 1.165) is 49.7 Å². The normalized spacial score (nSPS) is 16.9. The highest BCUT2D eigenvalue weighted by Crippen LogP contribution is 2.36. The van der Waals surface area contributed by atoms with Gasteiger partial charge in [-0.15, -0.1) is 0 Å². The predicted molar refractivity (Wildman–Crippen MR) is 182 cm³/mol. The Labute approximate surface area is 280 Å². The molecule has 2 N–H and O–H groups in total. The molecule has 256 valence electrons. The Kier molecular flexibility index (Phi) is 17.3. The molecule has 0 fully saturated rings. The minimum Gasteiger partial charge on any atom is -0.470 e. The standard InChI is InChI=1S/C37H54ClNO7/c1-4-6-8-10-12-14-21-43-36(41)34-35(37(42)44-22-15-13-11-9-7-5-2)46-33-24-28(19-20-32(33)45-34)23-27(3)39-26-31(40)29-17-16-18-30(38)25-29/h16-20,24-25,27,31,34-35,39-40H,4-15,21-23,26H2,1-3H3/t27-,31+,34+,35-/m1/s1. The van der Waals surface area contributed by atoms with Crippen molar-refractivity contribution >= 4 is 23.5 Å². The van der Waals surface area contributed by atoms with Gasteiger partial charge in [-0.2, -0.15) is 0 Å². The number of carbonyl (C=O) groups excluding carboxylic acids is 2. The summed E-state index contributed by atoms with van der Waals surface area (Å²) in [5.41, 5.74) is 1.70. The Hall–Kier alpha value is -2.81. The van der Waals surface area contributed by atoms with Gasteiger partial charge in [-0.1, -0.05) is 108 Å². The number of ether oxygens (including phenoxy) is 4. The third-order valence-electron chi connectivity index (χ3n) is 8.18. The number of rotatable bonds is 22. The minimum atomic E-state index is -1.26. The second kappa shape index (κ2) is 21.1. The van der Waals surface area contributed by atoms with Crippen LogP contribution in [-0.4, -0.2) is 55.1 Å². The number of carbonyl (C=O) groups is 2. The second-order valence-corrected chi connectivity index (χ2v) is 12.7. The average Bonchev–Trinajstić information content (AvgIpc) is 3.05. The zero-order chi connectivity index (χ0) is 33.1. The van der Waals surface area contributed by atoms with Gasteiger partial charge in [0.05, 0.1) is 19.3 Å². The first-order valence-electron chi connectivity index (χ1n) is 17.3. The highest BCUT2D eigenvalue weighted by atomic mass is 35.5. The molecular formula is C37H54ClNO7. The summed E-state index contributed by atoms with van der Waals surface area (Å²) < 4.78 is 23.3. The molecule has 0 aliphatic carbocycles. The maximum Gasteiger partial charge on any atom is 0.351 e. The third kappa shape index (κ3) is 13.1. The van der Waals surface area contributed by atoms with E-state index < -0.39 is 30.3 Å². The van der Waals surface area contributed by atoms with Crippen molar-refractivity contribution in [3.63, 3.8) is 0 Å². The lowest BCUT2D eigenvalue weighted by molar-refractivity contribution is -0.171. The molecule has 1 heterocycles. The molecule has 9 heteroatoms. The van der Waals surface area contributed by atoms with Crippen LogP contribution in [0.4, 0.5) is 0 Å². The molecule has 8 nitrogen and oxygen atoms in total. The lowest BCUT2D eigenvalue weighted by Gasteiger charge is -2.31. The second-order valence-electron chi connectivity index (χ2n) is 12.3. The van der Waals surface area contributed by atoms with Crippen LogP contribution in [-0.2, 0) is 25.5 Å². The summed E-state index contributed by atoms with van der Waals surface area (Å²) in [4.78, 5) is 26.3. The van der Waals surface area contributed by atoms with Gasteiger partial charge in [-0.05, 0) is 61.6 Å². The van der Waals surface area contributed by atoms with Gasteiger partial charge in [-0.3, -0.25) is 0 Å². The summed E-state index contributed by atoms with van der Waals surface area (Å²) in [5, 5.41) is 14.5. The van der Waals surface area contributed by atoms with Gasteiger partial charge in [0.2, 0.25) is 12.2 Å². The van der Waals surface area contributed by atoms with Gasteiger partial charge in [0, 0.05) is 17.6 Å². The van der Waals surface area contributed by atoms with Crippen LogP contribution >= 0.6 is 11.6 Å². The number of unbranched alkanes of at least 4 members (excludes halogenated alkanes) is 10. The van der Waals surface area contributed by atoms with Crippen LogP contribution in [0.25, 0.3) is 0 Å². The van der Waals surface area contributed by atoms with Gasteiger partial charge in [0.1, 0.15) is 0 Å². The fraction of sp³-hybridized carbons (Fsp3) is 0.622. The Morgan fingerprint density at radius 1 is 0.804 bits per heavy atom. The maximum absolute atomic E-state index is 13.2. The van der Waals surface area contributed by atoms with E-state index in [-0.39, 0.29) is 19.3 Å². The summed E-state index contributed by atoms with van der Waals surface area (Å²) in [7, 11) is 0. The first-order valence-corrected chi connectivity index (χ1v) is 17.7. The van der Waals surface area contributed by atoms with Crippen LogP contribution < -0.4 is 14.8 Å². The number of halogens is 1. The topological polar surface area (TPSA) is 103 Å². The lowest BCUT2D eigenvalue weighted by atomic mass is 10.0. The molecule has 1 aliphatic rings. The Morgan fingerprint density at radius 2 is 1.37 bits per heavy atom. The van der Waals surface area contributed by atoms with E-state index in [1.807, 2.05) is 31.2 Å². The Balaban J connectivity index is 1.59. The summed E-state index contributed by atoms with van der Waals surface area (Å²) >= 11 is 6.07. The molecule has 0 amide bonds. The van der Waals surface area contributed by atoms with Crippen LogP contribution in [0, 0.1) is 0 Å². The molecule has 4 atom stereocenters. The van der Waals surface area contributed by atoms with Crippen molar-refractivity contribution in [2.45, 2.75) is 129 Å². The summed E-state index contributed by atoms with van der Waals surface area (Å²) in [6.45, 7) is 7.28. The number of aliphatic hydroxyl groups excluding tert-OH is 1. The van der Waals surface area contributed by atoms with Gasteiger partial charge in [0.25, 0.3) is 0 Å². The van der Waals surface area contributed by atoms with Crippen LogP contribution in [0.1, 0.15) is 115 Å². The lowest BCUT2D eigenvalue weighted by Crippen LogP contribution is -2.51. The van der Waals surface area contributed by atoms with Gasteiger partial charge in [-0.25, -0.2) is 9.59 Å². The van der Waals surface area contributed by atoms with Crippen molar-refractivity contribution in [3.05, 3.63) is 58.6 Å². The molecule has 3 rings (SSSR count). The molecule has 0 saturated carbocycles. The molecule has 2 aromatic carbocycles. The number of hydrogen-bond acceptors (Lipinski definition) is 8. The molecule has 0 spiro atoms. The monoisotopic (exact) mass is 659 g/mol. The number of benzene rings is 2. The van der Waals surface area contributed by atoms with Gasteiger partial charge >= 0.3 is 11.9 Å². The molecule has 0 saturated heterocycles. The number of hydrogen-bond donors (Lipinski definition) is 2. The molecule has 1 aliphatic heterocycles. The summed E-state index contributed by atoms with van der Waals surface area (Å²) in [6.07, 6.45) is 10.2. The highest BCUT2D eigenvalue weighted by molar-refractivity contribution is 6.30. The molecule has 2 aromatic rings. The van der Waals surface area contributed by atoms with Gasteiger partial charge < -0.3 is 29.4 Å². The molecular weight excluding hydrogens is 606 g/mol. The van der Waals surface area contributed by atoms with E-state index >= 15 is 0 Å². The van der Waals surface area contributed by atoms with E-state index in [2.05, 4.69) is 19.2 Å². The fourth-order valence-corrected chi connectivity index (χ4v) is 5.65. The van der Waals surface area contributed by atoms with Crippen molar-refractivity contribution in [2.75, 3.05) is 19.8 Å². The van der Waals surface area contributed by atoms with Crippen LogP contribution in [0.15, 0.2) is 42.5 Å². The van der Waals surface area contributed by atoms with E-state index in [4.69, 9.17) is 30.5 Å². The van der Waals surface area contributed by atoms with Crippen molar-refractivity contribution in [3.8, 4) is 11.5 Å². The van der Waals surface area contributed by atoms with Crippen LogP contribution in [0.5, 0.6) is 11.5 Å². The maximum atomic E-state index is 13.2. The van der Waals surface area contributed by atoms with E-state index in [1.54, 1.807) is 18.2 Å². The number of fused-ring (bicyclic) bond motifs is 1. The van der Waals surface area contributed by atoms with Crippen molar-refractivity contribution < 1.29 is 33.6 Å². The Morgan fingerprint density at radius 3 is 1.96 bits per heavy atom. The molecule has 46 heavy (non-hydrogen) atoms. The smallest absolute Gasteiger partial charge is 0.351 e. The average molecular weight is 660 g/mol. The molecule has 0 aromatic heterocycles. The number of aliphatic hydroxyl groups is 1. The Bertz CT molecular complexity index is 1190. The highest BCUT2D eigenvalue weighted by Gasteiger charge is 2.44. The largest absolute Gasteiger partial charge is 0.470 e. The molecule has 0 unspecified atom stereocenters. The summed E-state index contributed by atoms with van der Waals surface area (Å²) in [5.74, 6) is -0.496. The fourth-order valence-electron chi connectivity index (χ4n) is 5.45. The third-order valence-corrected chi connectivity index (χ3v) is 8.41. The molecule has 0 bridgehead atoms. The zero-order valence-corrected chi connectivity index (χ0v) is 28.7. The first kappa shape index (κ1) is 37.6. The molecule has 0 radical (unpaired) electrons. The van der Waals surface area contributed by atoms with E-state index in [1.165, 1.54) is 38.5 Å². The number of esters is 2. The first-order chi connectivity index (χ1) is 22.3. The van der Waals surface area contributed by atoms with Crippen molar-refractivity contribution in [2.24, 2.45) is 0 Å². The predicted octanol–water partition coefficient (Wildman–Crippen LogP) is 7.91. The van der Waals surface area contributed by atoms with Crippen molar-refractivity contribution in [1.29, 1.82) is 0 Å². The minimum absolute atomic E-state index is 0.0270. The quantitative estimate of drug-likeness (QED) is 0.0971. The summed E-state index contributed by atoms with van der Waals surface area (Å²) in [6, 6.07) is 12.7. The van der Waals surface area contributed by atoms with Crippen molar-refractivity contribution in [1.82, 2.24) is 5.32 Å². The van der Waals surface area contributed by atoms with Crippen LogP contribution in [0.2, 0.25) is 5.02 Å².